The molecule has 0 amide bonds. The normalized spacial score (nSPS) is 18.7. The highest BCUT2D eigenvalue weighted by molar-refractivity contribution is 7.98. The fourth-order valence-electron chi connectivity index (χ4n) is 3.10. The molecule has 12 heteroatoms. The van der Waals surface area contributed by atoms with Crippen molar-refractivity contribution in [2.24, 2.45) is 5.92 Å². The average molecular weight is 476 g/mol. The summed E-state index contributed by atoms with van der Waals surface area (Å²) in [6, 6.07) is 4.90. The van der Waals surface area contributed by atoms with E-state index in [0.29, 0.717) is 40.3 Å². The number of rotatable bonds is 6. The Hall–Kier alpha value is -1.92. The predicted octanol–water partition coefficient (Wildman–Crippen LogP) is 4.48. The van der Waals surface area contributed by atoms with Gasteiger partial charge in [0.05, 0.1) is 22.8 Å². The topological polar surface area (TPSA) is 86.0 Å². The zero-order chi connectivity index (χ0) is 21.4. The van der Waals surface area contributed by atoms with E-state index in [4.69, 9.17) is 4.42 Å². The van der Waals surface area contributed by atoms with Crippen molar-refractivity contribution in [3.63, 3.8) is 0 Å². The first kappa shape index (κ1) is 21.3. The SMILES string of the molecule is O=S1(=O)CCC(Cc2nnc(SCc3csc(-c4ccc(C(F)(F)F)cc4)n3)o2)C1. The van der Waals surface area contributed by atoms with E-state index in [0.717, 1.165) is 17.8 Å². The molecule has 1 atom stereocenters. The van der Waals surface area contributed by atoms with Gasteiger partial charge in [-0.25, -0.2) is 13.4 Å². The van der Waals surface area contributed by atoms with Crippen LogP contribution in [-0.4, -0.2) is 35.1 Å². The molecule has 160 valence electrons. The van der Waals surface area contributed by atoms with Crippen LogP contribution >= 0.6 is 23.1 Å². The van der Waals surface area contributed by atoms with Crippen molar-refractivity contribution in [3.8, 4) is 10.6 Å². The molecule has 1 unspecified atom stereocenters. The molecule has 0 spiro atoms. The van der Waals surface area contributed by atoms with Gasteiger partial charge in [-0.3, -0.25) is 0 Å². The van der Waals surface area contributed by atoms with Crippen LogP contribution in [0.4, 0.5) is 13.2 Å². The van der Waals surface area contributed by atoms with Gasteiger partial charge in [0.25, 0.3) is 5.22 Å². The van der Waals surface area contributed by atoms with Crippen molar-refractivity contribution in [2.45, 2.75) is 30.0 Å². The van der Waals surface area contributed by atoms with E-state index in [9.17, 15) is 21.6 Å². The summed E-state index contributed by atoms with van der Waals surface area (Å²) in [7, 11) is -2.94. The van der Waals surface area contributed by atoms with Crippen LogP contribution in [0, 0.1) is 5.92 Å². The number of thiazole rings is 1. The van der Waals surface area contributed by atoms with E-state index < -0.39 is 21.6 Å². The highest BCUT2D eigenvalue weighted by Gasteiger charge is 2.30. The van der Waals surface area contributed by atoms with Gasteiger partial charge in [-0.05, 0) is 24.5 Å². The van der Waals surface area contributed by atoms with Gasteiger partial charge in [0.2, 0.25) is 5.89 Å². The summed E-state index contributed by atoms with van der Waals surface area (Å²) in [6.45, 7) is 0. The van der Waals surface area contributed by atoms with E-state index in [-0.39, 0.29) is 17.4 Å². The molecule has 6 nitrogen and oxygen atoms in total. The molecule has 1 aromatic carbocycles. The maximum absolute atomic E-state index is 12.7. The van der Waals surface area contributed by atoms with Crippen molar-refractivity contribution in [1.82, 2.24) is 15.2 Å². The molecule has 0 bridgehead atoms. The van der Waals surface area contributed by atoms with E-state index in [1.807, 2.05) is 5.38 Å². The minimum Gasteiger partial charge on any atom is -0.416 e. The highest BCUT2D eigenvalue weighted by atomic mass is 32.2. The van der Waals surface area contributed by atoms with Gasteiger partial charge in [0.15, 0.2) is 9.84 Å². The summed E-state index contributed by atoms with van der Waals surface area (Å²) in [5.41, 5.74) is 0.679. The number of hydrogen-bond acceptors (Lipinski definition) is 8. The fraction of sp³-hybridized carbons (Fsp3) is 0.389. The number of halogens is 3. The summed E-state index contributed by atoms with van der Waals surface area (Å²) in [4.78, 5) is 4.45. The van der Waals surface area contributed by atoms with Crippen LogP contribution in [0.3, 0.4) is 0 Å². The van der Waals surface area contributed by atoms with E-state index in [1.54, 1.807) is 0 Å². The maximum Gasteiger partial charge on any atom is 0.416 e. The number of benzene rings is 1. The van der Waals surface area contributed by atoms with Crippen LogP contribution in [0.25, 0.3) is 10.6 Å². The Morgan fingerprint density at radius 2 is 1.97 bits per heavy atom. The second-order valence-electron chi connectivity index (χ2n) is 6.94. The van der Waals surface area contributed by atoms with Gasteiger partial charge in [0.1, 0.15) is 5.01 Å². The third-order valence-electron chi connectivity index (χ3n) is 4.59. The molecule has 1 saturated heterocycles. The largest absolute Gasteiger partial charge is 0.416 e. The lowest BCUT2D eigenvalue weighted by atomic mass is 10.1. The van der Waals surface area contributed by atoms with Gasteiger partial charge < -0.3 is 4.42 Å². The molecule has 0 aliphatic carbocycles. The number of hydrogen-bond donors (Lipinski definition) is 0. The second-order valence-corrected chi connectivity index (χ2v) is 11.0. The molecule has 0 saturated carbocycles. The lowest BCUT2D eigenvalue weighted by molar-refractivity contribution is -0.137. The molecule has 0 radical (unpaired) electrons. The molecule has 1 fully saturated rings. The van der Waals surface area contributed by atoms with Crippen LogP contribution in [0.5, 0.6) is 0 Å². The summed E-state index contributed by atoms with van der Waals surface area (Å²) in [6.07, 6.45) is -3.31. The Labute approximate surface area is 178 Å². The summed E-state index contributed by atoms with van der Waals surface area (Å²) >= 11 is 2.65. The Morgan fingerprint density at radius 3 is 2.63 bits per heavy atom. The minimum atomic E-state index is -4.36. The van der Waals surface area contributed by atoms with Crippen LogP contribution in [0.15, 0.2) is 39.3 Å². The standard InChI is InChI=1S/C18H16F3N3O3S3/c19-18(20,21)13-3-1-12(2-4-13)16-22-14(8-28-16)9-29-17-24-23-15(27-17)7-11-5-6-30(25,26)10-11/h1-4,8,11H,5-7,9-10H2. The molecule has 4 rings (SSSR count). The van der Waals surface area contributed by atoms with Crippen molar-refractivity contribution < 1.29 is 26.0 Å². The fourth-order valence-corrected chi connectivity index (χ4v) is 6.57. The third-order valence-corrected chi connectivity index (χ3v) is 8.22. The number of thioether (sulfide) groups is 1. The first-order chi connectivity index (χ1) is 14.2. The van der Waals surface area contributed by atoms with Gasteiger partial charge in [-0.1, -0.05) is 23.9 Å². The van der Waals surface area contributed by atoms with Crippen molar-refractivity contribution in [2.75, 3.05) is 11.5 Å². The third kappa shape index (κ3) is 5.22. The number of sulfone groups is 1. The Balaban J connectivity index is 1.33. The van der Waals surface area contributed by atoms with Crippen LogP contribution in [0.1, 0.15) is 23.6 Å². The molecular formula is C18H16F3N3O3S3. The van der Waals surface area contributed by atoms with Gasteiger partial charge in [-0.2, -0.15) is 13.2 Å². The first-order valence-electron chi connectivity index (χ1n) is 8.95. The number of alkyl halides is 3. The van der Waals surface area contributed by atoms with Crippen LogP contribution in [0.2, 0.25) is 0 Å². The van der Waals surface area contributed by atoms with Gasteiger partial charge in [0, 0.05) is 23.1 Å². The summed E-state index contributed by atoms with van der Waals surface area (Å²) in [5, 5.41) is 10.8. The van der Waals surface area contributed by atoms with E-state index in [2.05, 4.69) is 15.2 Å². The Morgan fingerprint density at radius 1 is 1.20 bits per heavy atom. The number of aromatic nitrogens is 3. The molecule has 3 heterocycles. The quantitative estimate of drug-likeness (QED) is 0.486. The second kappa shape index (κ2) is 8.31. The average Bonchev–Trinajstić information content (AvgIpc) is 3.40. The van der Waals surface area contributed by atoms with Gasteiger partial charge in [-0.15, -0.1) is 21.5 Å². The number of nitrogens with zero attached hydrogens (tertiary/aromatic N) is 3. The summed E-state index contributed by atoms with van der Waals surface area (Å²) < 4.78 is 66.7. The smallest absolute Gasteiger partial charge is 0.416 e. The van der Waals surface area contributed by atoms with Crippen molar-refractivity contribution in [3.05, 3.63) is 46.8 Å². The Bertz CT molecular complexity index is 1120. The molecule has 0 N–H and O–H groups in total. The van der Waals surface area contributed by atoms with Crippen molar-refractivity contribution in [1.29, 1.82) is 0 Å². The first-order valence-corrected chi connectivity index (χ1v) is 12.6. The van der Waals surface area contributed by atoms with Crippen LogP contribution < -0.4 is 0 Å². The monoisotopic (exact) mass is 475 g/mol. The van der Waals surface area contributed by atoms with Crippen LogP contribution in [-0.2, 0) is 28.2 Å². The zero-order valence-electron chi connectivity index (χ0n) is 15.4. The lowest BCUT2D eigenvalue weighted by Crippen LogP contribution is -2.07. The maximum atomic E-state index is 12.7. The van der Waals surface area contributed by atoms with Gasteiger partial charge >= 0.3 is 6.18 Å². The summed E-state index contributed by atoms with van der Waals surface area (Å²) in [5.74, 6) is 1.26. The zero-order valence-corrected chi connectivity index (χ0v) is 17.9. The van der Waals surface area contributed by atoms with Crippen molar-refractivity contribution >= 4 is 32.9 Å². The highest BCUT2D eigenvalue weighted by Crippen LogP contribution is 2.32. The molecule has 3 aromatic rings. The molecule has 1 aliphatic heterocycles. The lowest BCUT2D eigenvalue weighted by Gasteiger charge is -2.06. The van der Waals surface area contributed by atoms with E-state index in [1.165, 1.54) is 35.2 Å². The Kier molecular flexibility index (Phi) is 5.90. The molecule has 30 heavy (non-hydrogen) atoms. The molecule has 2 aromatic heterocycles. The predicted molar refractivity (Wildman–Crippen MR) is 107 cm³/mol. The molecular weight excluding hydrogens is 459 g/mol. The minimum absolute atomic E-state index is 0.0122. The molecule has 1 aliphatic rings. The van der Waals surface area contributed by atoms with E-state index >= 15 is 0 Å².